The zero-order valence-electron chi connectivity index (χ0n) is 8.50. The molecule has 0 fully saturated rings. The Bertz CT molecular complexity index is 432. The number of aromatic nitrogens is 1. The van der Waals surface area contributed by atoms with Crippen molar-refractivity contribution in [1.82, 2.24) is 4.57 Å². The monoisotopic (exact) mass is 195 g/mol. The standard InChI is InChI=1S/C10H13NO3/c1-4-11-6(2)5-8(12)9(7(11)3)10(13)14/h5H,4H2,1-3H3,(H,13,14). The van der Waals surface area contributed by atoms with E-state index >= 15 is 0 Å². The van der Waals surface area contributed by atoms with E-state index in [4.69, 9.17) is 5.11 Å². The first-order valence-electron chi connectivity index (χ1n) is 4.43. The fourth-order valence-corrected chi connectivity index (χ4v) is 1.66. The molecule has 1 N–H and O–H groups in total. The Kier molecular flexibility index (Phi) is 2.74. The molecule has 0 unspecified atom stereocenters. The summed E-state index contributed by atoms with van der Waals surface area (Å²) in [6.45, 7) is 6.03. The van der Waals surface area contributed by atoms with Crippen molar-refractivity contribution in [1.29, 1.82) is 0 Å². The predicted octanol–water partition coefficient (Wildman–Crippen LogP) is 1.18. The van der Waals surface area contributed by atoms with E-state index in [1.54, 1.807) is 13.8 Å². The van der Waals surface area contributed by atoms with Crippen molar-refractivity contribution in [2.45, 2.75) is 27.3 Å². The summed E-state index contributed by atoms with van der Waals surface area (Å²) >= 11 is 0. The van der Waals surface area contributed by atoms with Gasteiger partial charge in [-0.15, -0.1) is 0 Å². The Balaban J connectivity index is 3.60. The van der Waals surface area contributed by atoms with Crippen molar-refractivity contribution in [3.8, 4) is 0 Å². The van der Waals surface area contributed by atoms with E-state index in [9.17, 15) is 9.59 Å². The van der Waals surface area contributed by atoms with Gasteiger partial charge in [0, 0.05) is 24.0 Å². The van der Waals surface area contributed by atoms with Gasteiger partial charge in [-0.1, -0.05) is 0 Å². The molecule has 0 atom stereocenters. The molecule has 0 aromatic carbocycles. The first-order chi connectivity index (χ1) is 6.49. The highest BCUT2D eigenvalue weighted by Crippen LogP contribution is 2.07. The highest BCUT2D eigenvalue weighted by atomic mass is 16.4. The van der Waals surface area contributed by atoms with Crippen LogP contribution in [0.5, 0.6) is 0 Å². The second kappa shape index (κ2) is 3.65. The SMILES string of the molecule is CCn1c(C)cc(=O)c(C(=O)O)c1C. The summed E-state index contributed by atoms with van der Waals surface area (Å²) in [4.78, 5) is 22.2. The Morgan fingerprint density at radius 3 is 2.50 bits per heavy atom. The van der Waals surface area contributed by atoms with E-state index < -0.39 is 11.4 Å². The Hall–Kier alpha value is -1.58. The number of hydrogen-bond acceptors (Lipinski definition) is 2. The predicted molar refractivity (Wildman–Crippen MR) is 52.8 cm³/mol. The number of carboxylic acids is 1. The number of aryl methyl sites for hydroxylation is 1. The molecule has 0 saturated carbocycles. The number of aromatic carboxylic acids is 1. The van der Waals surface area contributed by atoms with E-state index in [0.29, 0.717) is 12.2 Å². The average molecular weight is 195 g/mol. The molecule has 4 heteroatoms. The minimum absolute atomic E-state index is 0.127. The lowest BCUT2D eigenvalue weighted by molar-refractivity contribution is 0.0693. The quantitative estimate of drug-likeness (QED) is 0.770. The van der Waals surface area contributed by atoms with Crippen molar-refractivity contribution < 1.29 is 9.90 Å². The van der Waals surface area contributed by atoms with Crippen LogP contribution in [0.25, 0.3) is 0 Å². The van der Waals surface area contributed by atoms with Crippen LogP contribution in [0.3, 0.4) is 0 Å². The van der Waals surface area contributed by atoms with Crippen LogP contribution in [0.15, 0.2) is 10.9 Å². The lowest BCUT2D eigenvalue weighted by Crippen LogP contribution is -2.22. The molecule has 0 aliphatic carbocycles. The van der Waals surface area contributed by atoms with Crippen molar-refractivity contribution in [3.05, 3.63) is 33.2 Å². The van der Waals surface area contributed by atoms with Crippen molar-refractivity contribution in [2.75, 3.05) is 0 Å². The van der Waals surface area contributed by atoms with Crippen LogP contribution in [0.2, 0.25) is 0 Å². The van der Waals surface area contributed by atoms with Crippen LogP contribution < -0.4 is 5.43 Å². The molecule has 0 amide bonds. The third kappa shape index (κ3) is 1.55. The minimum Gasteiger partial charge on any atom is -0.477 e. The number of hydrogen-bond donors (Lipinski definition) is 1. The maximum Gasteiger partial charge on any atom is 0.341 e. The molecule has 0 aliphatic heterocycles. The second-order valence-corrected chi connectivity index (χ2v) is 3.16. The van der Waals surface area contributed by atoms with Gasteiger partial charge in [0.1, 0.15) is 5.56 Å². The fourth-order valence-electron chi connectivity index (χ4n) is 1.66. The number of carbonyl (C=O) groups is 1. The van der Waals surface area contributed by atoms with Crippen LogP contribution in [-0.4, -0.2) is 15.6 Å². The zero-order chi connectivity index (χ0) is 10.9. The summed E-state index contributed by atoms with van der Waals surface area (Å²) in [5, 5.41) is 8.84. The third-order valence-electron chi connectivity index (χ3n) is 2.31. The molecule has 4 nitrogen and oxygen atoms in total. The molecule has 0 saturated heterocycles. The number of rotatable bonds is 2. The van der Waals surface area contributed by atoms with Crippen molar-refractivity contribution in [2.24, 2.45) is 0 Å². The maximum absolute atomic E-state index is 11.4. The zero-order valence-corrected chi connectivity index (χ0v) is 8.50. The van der Waals surface area contributed by atoms with Gasteiger partial charge in [-0.3, -0.25) is 4.79 Å². The molecular formula is C10H13NO3. The van der Waals surface area contributed by atoms with Gasteiger partial charge in [0.05, 0.1) is 0 Å². The van der Waals surface area contributed by atoms with E-state index in [0.717, 1.165) is 5.69 Å². The minimum atomic E-state index is -1.16. The molecule has 14 heavy (non-hydrogen) atoms. The Morgan fingerprint density at radius 1 is 1.50 bits per heavy atom. The highest BCUT2D eigenvalue weighted by Gasteiger charge is 2.15. The maximum atomic E-state index is 11.4. The summed E-state index contributed by atoms with van der Waals surface area (Å²) in [5.41, 5.74) is 0.764. The van der Waals surface area contributed by atoms with Crippen LogP contribution in [0, 0.1) is 13.8 Å². The van der Waals surface area contributed by atoms with E-state index in [2.05, 4.69) is 0 Å². The molecule has 0 bridgehead atoms. The highest BCUT2D eigenvalue weighted by molar-refractivity contribution is 5.88. The van der Waals surface area contributed by atoms with Gasteiger partial charge in [0.15, 0.2) is 5.43 Å². The van der Waals surface area contributed by atoms with Crippen LogP contribution in [0.1, 0.15) is 28.7 Å². The molecule has 1 aromatic rings. The smallest absolute Gasteiger partial charge is 0.341 e. The molecule has 76 valence electrons. The van der Waals surface area contributed by atoms with Gasteiger partial charge < -0.3 is 9.67 Å². The normalized spacial score (nSPS) is 10.2. The van der Waals surface area contributed by atoms with Crippen LogP contribution in [0.4, 0.5) is 0 Å². The van der Waals surface area contributed by atoms with Gasteiger partial charge >= 0.3 is 5.97 Å². The number of pyridine rings is 1. The van der Waals surface area contributed by atoms with E-state index in [1.165, 1.54) is 6.07 Å². The molecular weight excluding hydrogens is 182 g/mol. The van der Waals surface area contributed by atoms with Gasteiger partial charge in [-0.05, 0) is 20.8 Å². The summed E-state index contributed by atoms with van der Waals surface area (Å²) in [6.07, 6.45) is 0. The van der Waals surface area contributed by atoms with E-state index in [1.807, 2.05) is 11.5 Å². The molecule has 0 spiro atoms. The van der Waals surface area contributed by atoms with Gasteiger partial charge in [0.2, 0.25) is 0 Å². The summed E-state index contributed by atoms with van der Waals surface area (Å²) in [5.74, 6) is -1.16. The van der Waals surface area contributed by atoms with Crippen molar-refractivity contribution in [3.63, 3.8) is 0 Å². The number of nitrogens with zero attached hydrogens (tertiary/aromatic N) is 1. The summed E-state index contributed by atoms with van der Waals surface area (Å²) < 4.78 is 1.81. The first kappa shape index (κ1) is 10.5. The Morgan fingerprint density at radius 2 is 2.07 bits per heavy atom. The first-order valence-corrected chi connectivity index (χ1v) is 4.43. The lowest BCUT2D eigenvalue weighted by Gasteiger charge is -2.13. The second-order valence-electron chi connectivity index (χ2n) is 3.16. The third-order valence-corrected chi connectivity index (χ3v) is 2.31. The van der Waals surface area contributed by atoms with Gasteiger partial charge in [-0.2, -0.15) is 0 Å². The van der Waals surface area contributed by atoms with Gasteiger partial charge in [-0.25, -0.2) is 4.79 Å². The molecule has 1 heterocycles. The lowest BCUT2D eigenvalue weighted by atomic mass is 10.1. The largest absolute Gasteiger partial charge is 0.477 e. The van der Waals surface area contributed by atoms with Gasteiger partial charge in [0.25, 0.3) is 0 Å². The Labute approximate surface area is 81.8 Å². The summed E-state index contributed by atoms with van der Waals surface area (Å²) in [6, 6.07) is 1.36. The molecule has 1 rings (SSSR count). The number of carboxylic acid groups (broad SMARTS) is 1. The van der Waals surface area contributed by atoms with Crippen LogP contribution in [-0.2, 0) is 6.54 Å². The average Bonchev–Trinajstić information content (AvgIpc) is 2.02. The fraction of sp³-hybridized carbons (Fsp3) is 0.400. The molecule has 0 aliphatic rings. The topological polar surface area (TPSA) is 59.3 Å². The van der Waals surface area contributed by atoms with Crippen LogP contribution >= 0.6 is 0 Å². The summed E-state index contributed by atoms with van der Waals surface area (Å²) in [7, 11) is 0. The molecule has 0 radical (unpaired) electrons. The van der Waals surface area contributed by atoms with Crippen molar-refractivity contribution >= 4 is 5.97 Å². The molecule has 1 aromatic heterocycles. The van der Waals surface area contributed by atoms with E-state index in [-0.39, 0.29) is 5.56 Å².